The highest BCUT2D eigenvalue weighted by Gasteiger charge is 2.33. The Morgan fingerprint density at radius 2 is 2.03 bits per heavy atom. The minimum atomic E-state index is -0.510. The van der Waals surface area contributed by atoms with Crippen molar-refractivity contribution in [2.45, 2.75) is 25.9 Å². The molecule has 0 saturated carbocycles. The molecule has 0 aliphatic carbocycles. The van der Waals surface area contributed by atoms with Gasteiger partial charge in [0.1, 0.15) is 25.1 Å². The second-order valence-corrected chi connectivity index (χ2v) is 7.44. The molecule has 2 saturated heterocycles. The Hall–Kier alpha value is -3.17. The number of cyclic esters (lactones) is 1. The zero-order valence-electron chi connectivity index (χ0n) is 15.9. The van der Waals surface area contributed by atoms with Gasteiger partial charge in [-0.05, 0) is 38.0 Å². The number of thiocarbonyl (C=S) groups is 1. The van der Waals surface area contributed by atoms with Gasteiger partial charge >= 0.3 is 11.9 Å². The van der Waals surface area contributed by atoms with E-state index < -0.39 is 11.9 Å². The van der Waals surface area contributed by atoms with Gasteiger partial charge in [-0.2, -0.15) is 9.69 Å². The van der Waals surface area contributed by atoms with E-state index in [1.54, 1.807) is 19.1 Å². The third kappa shape index (κ3) is 4.64. The molecule has 1 N–H and O–H groups in total. The maximum Gasteiger partial charge on any atom is 0.518 e. The van der Waals surface area contributed by atoms with Gasteiger partial charge in [-0.3, -0.25) is 4.90 Å². The van der Waals surface area contributed by atoms with E-state index in [1.165, 1.54) is 11.0 Å². The smallest absolute Gasteiger partial charge is 0.442 e. The van der Waals surface area contributed by atoms with Gasteiger partial charge in [-0.15, -0.1) is 0 Å². The predicted octanol–water partition coefficient (Wildman–Crippen LogP) is 3.74. The number of ether oxygens (including phenoxy) is 1. The Labute approximate surface area is 174 Å². The quantitative estimate of drug-likeness (QED) is 0.602. The van der Waals surface area contributed by atoms with Gasteiger partial charge in [0.25, 0.3) is 0 Å². The lowest BCUT2D eigenvalue weighted by Crippen LogP contribution is -2.33. The molecule has 0 radical (unpaired) electrons. The topological polar surface area (TPSA) is 53.5 Å². The van der Waals surface area contributed by atoms with Crippen molar-refractivity contribution in [3.63, 3.8) is 0 Å². The van der Waals surface area contributed by atoms with E-state index in [1.807, 2.05) is 4.90 Å². The van der Waals surface area contributed by atoms with Crippen LogP contribution in [0.1, 0.15) is 19.8 Å². The van der Waals surface area contributed by atoms with Gasteiger partial charge in [-0.25, -0.2) is 9.18 Å². The average Bonchev–Trinajstić information content (AvgIpc) is 3.08. The van der Waals surface area contributed by atoms with E-state index in [2.05, 4.69) is 15.0 Å². The highest BCUT2D eigenvalue weighted by atomic mass is 32.1. The predicted molar refractivity (Wildman–Crippen MR) is 112 cm³/mol. The molecule has 150 valence electrons. The summed E-state index contributed by atoms with van der Waals surface area (Å²) in [6, 6.07) is 4.70. The number of amides is 1. The summed E-state index contributed by atoms with van der Waals surface area (Å²) in [5, 5.41) is 2.97. The summed E-state index contributed by atoms with van der Waals surface area (Å²) >= 11 is 4.96. The minimum absolute atomic E-state index is 0.126. The highest BCUT2D eigenvalue weighted by Crippen LogP contribution is 2.31. The van der Waals surface area contributed by atoms with Gasteiger partial charge in [0.15, 0.2) is 0 Å². The zero-order valence-corrected chi connectivity index (χ0v) is 16.8. The molecule has 0 bridgehead atoms. The van der Waals surface area contributed by atoms with Gasteiger partial charge in [0, 0.05) is 18.7 Å². The Bertz CT molecular complexity index is 923. The van der Waals surface area contributed by atoms with Crippen LogP contribution in [0, 0.1) is 19.0 Å². The standard InChI is InChI=1S/C20H20FN5O2S/c1-13(29)24-11-16-12-26(20(27)28-16)15-4-5-18(17(21)10-15)25-8-6-14(7-9-25)19(22-2)23-3/h4-5,10,16H,6-9,11-12H2,1H3,(H,24,29)/t16-/m0/s1. The molecular formula is C20H20FN5O2S. The van der Waals surface area contributed by atoms with Crippen molar-refractivity contribution in [3.05, 3.63) is 58.2 Å². The number of rotatable bonds is 4. The van der Waals surface area contributed by atoms with Crippen LogP contribution in [0.4, 0.5) is 20.6 Å². The van der Waals surface area contributed by atoms with Crippen LogP contribution in [-0.2, 0) is 4.74 Å². The van der Waals surface area contributed by atoms with E-state index in [-0.39, 0.29) is 11.9 Å². The van der Waals surface area contributed by atoms with Crippen LogP contribution in [0.5, 0.6) is 0 Å². The molecule has 7 nitrogen and oxygen atoms in total. The van der Waals surface area contributed by atoms with Gasteiger partial charge in [-0.1, -0.05) is 12.2 Å². The maximum absolute atomic E-state index is 14.8. The number of carbonyl (C=O) groups excluding carboxylic acids is 1. The molecule has 29 heavy (non-hydrogen) atoms. The van der Waals surface area contributed by atoms with Crippen LogP contribution in [0.3, 0.4) is 0 Å². The van der Waals surface area contributed by atoms with Crippen LogP contribution in [-0.4, -0.2) is 43.4 Å². The summed E-state index contributed by atoms with van der Waals surface area (Å²) in [6.45, 7) is 17.7. The third-order valence-corrected chi connectivity index (χ3v) is 5.08. The fourth-order valence-corrected chi connectivity index (χ4v) is 3.52. The van der Waals surface area contributed by atoms with Crippen molar-refractivity contribution in [1.29, 1.82) is 0 Å². The Kier molecular flexibility index (Phi) is 6.30. The van der Waals surface area contributed by atoms with Crippen molar-refractivity contribution in [3.8, 4) is 0 Å². The summed E-state index contributed by atoms with van der Waals surface area (Å²) in [5.41, 5.74) is 1.72. The molecular weight excluding hydrogens is 393 g/mol. The number of hydrogen-bond donors (Lipinski definition) is 1. The minimum Gasteiger partial charge on any atom is -0.442 e. The molecule has 2 fully saturated rings. The Balaban J connectivity index is 1.68. The SMILES string of the molecule is [C-]#[N+]C([N+]#[C-])=C1CCN(c2ccc(N3C[C@H](CNC(C)=S)OC3=O)cc2F)CC1. The summed E-state index contributed by atoms with van der Waals surface area (Å²) in [7, 11) is 0. The van der Waals surface area contributed by atoms with Crippen molar-refractivity contribution in [1.82, 2.24) is 5.32 Å². The molecule has 1 amide bonds. The van der Waals surface area contributed by atoms with Crippen LogP contribution in [0.15, 0.2) is 29.6 Å². The lowest BCUT2D eigenvalue weighted by molar-refractivity contribution is 0.143. The fraction of sp³-hybridized carbons (Fsp3) is 0.400. The van der Waals surface area contributed by atoms with Crippen LogP contribution in [0.2, 0.25) is 0 Å². The number of benzene rings is 1. The second-order valence-electron chi connectivity index (χ2n) is 6.83. The van der Waals surface area contributed by atoms with Crippen molar-refractivity contribution >= 4 is 34.7 Å². The highest BCUT2D eigenvalue weighted by molar-refractivity contribution is 7.80. The molecule has 3 rings (SSSR count). The number of piperidine rings is 1. The monoisotopic (exact) mass is 413 g/mol. The third-order valence-electron chi connectivity index (χ3n) is 4.93. The van der Waals surface area contributed by atoms with E-state index >= 15 is 0 Å². The van der Waals surface area contributed by atoms with Crippen LogP contribution >= 0.6 is 12.2 Å². The summed E-state index contributed by atoms with van der Waals surface area (Å²) in [6.07, 6.45) is 0.264. The first-order chi connectivity index (χ1) is 13.9. The molecule has 0 unspecified atom stereocenters. The molecule has 9 heteroatoms. The fourth-order valence-electron chi connectivity index (χ4n) is 3.44. The molecule has 2 aliphatic rings. The molecule has 1 aromatic carbocycles. The number of carbonyl (C=O) groups is 1. The summed E-state index contributed by atoms with van der Waals surface area (Å²) in [5.74, 6) is -0.296. The first-order valence-corrected chi connectivity index (χ1v) is 9.57. The first kappa shape index (κ1) is 20.6. The number of hydrogen-bond acceptors (Lipinski definition) is 4. The lowest BCUT2D eigenvalue weighted by atomic mass is 10.0. The Morgan fingerprint density at radius 3 is 2.62 bits per heavy atom. The van der Waals surface area contributed by atoms with Crippen molar-refractivity contribution < 1.29 is 13.9 Å². The van der Waals surface area contributed by atoms with Crippen molar-refractivity contribution in [2.24, 2.45) is 0 Å². The number of nitrogens with one attached hydrogen (secondary N) is 1. The number of anilines is 2. The zero-order chi connectivity index (χ0) is 21.0. The summed E-state index contributed by atoms with van der Waals surface area (Å²) < 4.78 is 20.1. The number of nitrogens with zero attached hydrogens (tertiary/aromatic N) is 4. The Morgan fingerprint density at radius 1 is 1.34 bits per heavy atom. The number of halogens is 1. The molecule has 1 atom stereocenters. The van der Waals surface area contributed by atoms with Crippen molar-refractivity contribution in [2.75, 3.05) is 36.0 Å². The molecule has 2 aliphatic heterocycles. The van der Waals surface area contributed by atoms with Gasteiger partial charge < -0.3 is 15.0 Å². The van der Waals surface area contributed by atoms with E-state index in [9.17, 15) is 9.18 Å². The second kappa shape index (κ2) is 8.89. The first-order valence-electron chi connectivity index (χ1n) is 9.17. The van der Waals surface area contributed by atoms with E-state index in [0.29, 0.717) is 55.4 Å². The maximum atomic E-state index is 14.8. The van der Waals surface area contributed by atoms with Crippen LogP contribution < -0.4 is 15.1 Å². The van der Waals surface area contributed by atoms with Crippen LogP contribution in [0.25, 0.3) is 9.69 Å². The molecule has 0 spiro atoms. The molecule has 0 aromatic heterocycles. The van der Waals surface area contributed by atoms with Gasteiger partial charge in [0.05, 0.1) is 29.5 Å². The summed E-state index contributed by atoms with van der Waals surface area (Å²) in [4.78, 5) is 22.6. The van der Waals surface area contributed by atoms with E-state index in [0.717, 1.165) is 5.57 Å². The lowest BCUT2D eigenvalue weighted by Gasteiger charge is -2.30. The van der Waals surface area contributed by atoms with Gasteiger partial charge in [0.2, 0.25) is 0 Å². The average molecular weight is 413 g/mol. The largest absolute Gasteiger partial charge is 0.518 e. The van der Waals surface area contributed by atoms with E-state index in [4.69, 9.17) is 30.1 Å². The normalized spacial score (nSPS) is 18.7. The molecule has 1 aromatic rings. The molecule has 2 heterocycles.